The summed E-state index contributed by atoms with van der Waals surface area (Å²) in [5.41, 5.74) is 1.34. The molecule has 0 aliphatic rings. The molecule has 0 aliphatic heterocycles. The van der Waals surface area contributed by atoms with Crippen molar-refractivity contribution in [3.63, 3.8) is 0 Å². The topological polar surface area (TPSA) is 49.4 Å². The Hall–Kier alpha value is -2.04. The van der Waals surface area contributed by atoms with E-state index in [1.807, 2.05) is 0 Å². The highest BCUT2D eigenvalue weighted by atomic mass is 35.5. The summed E-state index contributed by atoms with van der Waals surface area (Å²) >= 11 is 11.9. The van der Waals surface area contributed by atoms with Crippen LogP contribution in [0, 0.1) is 0 Å². The van der Waals surface area contributed by atoms with Crippen LogP contribution in [0.4, 0.5) is 5.69 Å². The van der Waals surface area contributed by atoms with Crippen LogP contribution in [0.1, 0.15) is 40.5 Å². The van der Waals surface area contributed by atoms with E-state index in [0.717, 1.165) is 12.8 Å². The van der Waals surface area contributed by atoms with Crippen molar-refractivity contribution in [1.29, 1.82) is 0 Å². The van der Waals surface area contributed by atoms with Crippen molar-refractivity contribution >= 4 is 40.7 Å². The van der Waals surface area contributed by atoms with Gasteiger partial charge in [0.2, 0.25) is 0 Å². The van der Waals surface area contributed by atoms with Crippen LogP contribution in [0.15, 0.2) is 42.5 Å². The molecule has 2 rings (SSSR count). The molecule has 0 aliphatic carbocycles. The largest absolute Gasteiger partial charge is 0.342 e. The minimum atomic E-state index is -0.338. The number of hydrogen-bond donors (Lipinski definition) is 1. The van der Waals surface area contributed by atoms with Crippen LogP contribution in [-0.4, -0.2) is 30.3 Å². The summed E-state index contributed by atoms with van der Waals surface area (Å²) in [6, 6.07) is 11.5. The summed E-state index contributed by atoms with van der Waals surface area (Å²) in [5, 5.41) is 3.57. The molecule has 0 bridgehead atoms. The lowest BCUT2D eigenvalue weighted by Crippen LogP contribution is -2.28. The van der Waals surface area contributed by atoms with Gasteiger partial charge in [-0.1, -0.05) is 42.6 Å². The molecule has 0 fully saturated rings. The molecule has 4 nitrogen and oxygen atoms in total. The van der Waals surface area contributed by atoms with Gasteiger partial charge in [0.1, 0.15) is 0 Å². The van der Waals surface area contributed by atoms with E-state index >= 15 is 0 Å². The van der Waals surface area contributed by atoms with E-state index in [-0.39, 0.29) is 11.8 Å². The normalized spacial score (nSPS) is 10.4. The quantitative estimate of drug-likeness (QED) is 0.758. The third-order valence-electron chi connectivity index (χ3n) is 3.74. The maximum atomic E-state index is 12.4. The molecule has 2 aromatic rings. The maximum Gasteiger partial charge on any atom is 0.255 e. The predicted octanol–water partition coefficient (Wildman–Crippen LogP) is 5.12. The minimum absolute atomic E-state index is 0.104. The number of benzene rings is 2. The van der Waals surface area contributed by atoms with Gasteiger partial charge < -0.3 is 10.2 Å². The Kier molecular flexibility index (Phi) is 6.85. The predicted molar refractivity (Wildman–Crippen MR) is 103 cm³/mol. The Morgan fingerprint density at radius 3 is 2.48 bits per heavy atom. The number of anilines is 1. The van der Waals surface area contributed by atoms with Crippen LogP contribution >= 0.6 is 23.2 Å². The molecule has 25 heavy (non-hydrogen) atoms. The summed E-state index contributed by atoms with van der Waals surface area (Å²) in [7, 11) is 1.76. The first-order valence-corrected chi connectivity index (χ1v) is 8.80. The molecule has 6 heteroatoms. The van der Waals surface area contributed by atoms with E-state index in [9.17, 15) is 9.59 Å². The molecule has 2 amide bonds. The first-order chi connectivity index (χ1) is 11.9. The van der Waals surface area contributed by atoms with Crippen molar-refractivity contribution in [2.24, 2.45) is 0 Å². The molecule has 0 saturated heterocycles. The van der Waals surface area contributed by atoms with E-state index in [1.165, 1.54) is 0 Å². The van der Waals surface area contributed by atoms with Crippen LogP contribution in [-0.2, 0) is 0 Å². The van der Waals surface area contributed by atoms with Crippen molar-refractivity contribution in [2.75, 3.05) is 18.9 Å². The lowest BCUT2D eigenvalue weighted by atomic mass is 10.1. The molecule has 0 atom stereocenters. The zero-order valence-electron chi connectivity index (χ0n) is 14.2. The van der Waals surface area contributed by atoms with Crippen molar-refractivity contribution < 1.29 is 9.59 Å². The Morgan fingerprint density at radius 2 is 1.80 bits per heavy atom. The Balaban J connectivity index is 2.14. The van der Waals surface area contributed by atoms with Gasteiger partial charge in [-0.2, -0.15) is 0 Å². The summed E-state index contributed by atoms with van der Waals surface area (Å²) in [4.78, 5) is 26.5. The molecule has 0 radical (unpaired) electrons. The molecular formula is C19H20Cl2N2O2. The highest BCUT2D eigenvalue weighted by molar-refractivity contribution is 6.36. The van der Waals surface area contributed by atoms with Crippen molar-refractivity contribution in [3.05, 3.63) is 63.6 Å². The van der Waals surface area contributed by atoms with Crippen molar-refractivity contribution in [2.45, 2.75) is 19.8 Å². The van der Waals surface area contributed by atoms with Gasteiger partial charge in [0.25, 0.3) is 11.8 Å². The zero-order valence-corrected chi connectivity index (χ0v) is 15.7. The fourth-order valence-electron chi connectivity index (χ4n) is 2.30. The highest BCUT2D eigenvalue weighted by Crippen LogP contribution is 2.25. The number of amides is 2. The number of carbonyl (C=O) groups is 2. The average Bonchev–Trinajstić information content (AvgIpc) is 2.61. The lowest BCUT2D eigenvalue weighted by molar-refractivity contribution is 0.0793. The summed E-state index contributed by atoms with van der Waals surface area (Å²) in [6.07, 6.45) is 1.96. The maximum absolute atomic E-state index is 12.4. The second kappa shape index (κ2) is 8.88. The molecule has 0 unspecified atom stereocenters. The first kappa shape index (κ1) is 19.3. The lowest BCUT2D eigenvalue weighted by Gasteiger charge is -2.17. The van der Waals surface area contributed by atoms with Crippen LogP contribution in [0.5, 0.6) is 0 Å². The molecule has 132 valence electrons. The number of hydrogen-bond acceptors (Lipinski definition) is 2. The van der Waals surface area contributed by atoms with Crippen LogP contribution in [0.3, 0.4) is 0 Å². The fourth-order valence-corrected chi connectivity index (χ4v) is 2.75. The summed E-state index contributed by atoms with van der Waals surface area (Å²) in [6.45, 7) is 2.76. The van der Waals surface area contributed by atoms with E-state index in [2.05, 4.69) is 12.2 Å². The van der Waals surface area contributed by atoms with Gasteiger partial charge in [-0.15, -0.1) is 0 Å². The van der Waals surface area contributed by atoms with Gasteiger partial charge in [-0.3, -0.25) is 9.59 Å². The van der Waals surface area contributed by atoms with Gasteiger partial charge in [0, 0.05) is 29.7 Å². The zero-order chi connectivity index (χ0) is 18.4. The molecular weight excluding hydrogens is 359 g/mol. The third kappa shape index (κ3) is 5.21. The summed E-state index contributed by atoms with van der Waals surface area (Å²) < 4.78 is 0. The van der Waals surface area contributed by atoms with Crippen molar-refractivity contribution in [3.8, 4) is 0 Å². The van der Waals surface area contributed by atoms with Crippen LogP contribution in [0.2, 0.25) is 10.0 Å². The number of nitrogens with one attached hydrogen (secondary N) is 1. The smallest absolute Gasteiger partial charge is 0.255 e. The Bertz CT molecular complexity index is 778. The third-order valence-corrected chi connectivity index (χ3v) is 4.29. The van der Waals surface area contributed by atoms with E-state index in [1.54, 1.807) is 54.4 Å². The number of unbranched alkanes of at least 4 members (excludes halogenated alkanes) is 1. The van der Waals surface area contributed by atoms with E-state index in [4.69, 9.17) is 23.2 Å². The average molecular weight is 379 g/mol. The number of carbonyl (C=O) groups excluding carboxylic acids is 2. The summed E-state index contributed by atoms with van der Waals surface area (Å²) in [5.74, 6) is -0.442. The number of rotatable bonds is 6. The molecule has 0 saturated carbocycles. The van der Waals surface area contributed by atoms with Gasteiger partial charge >= 0.3 is 0 Å². The van der Waals surface area contributed by atoms with E-state index < -0.39 is 0 Å². The van der Waals surface area contributed by atoms with Gasteiger partial charge in [-0.05, 0) is 42.8 Å². The molecule has 0 aromatic heterocycles. The number of halogens is 2. The van der Waals surface area contributed by atoms with Crippen LogP contribution in [0.25, 0.3) is 0 Å². The minimum Gasteiger partial charge on any atom is -0.342 e. The Morgan fingerprint density at radius 1 is 1.08 bits per heavy atom. The molecule has 1 N–H and O–H groups in total. The first-order valence-electron chi connectivity index (χ1n) is 8.04. The monoisotopic (exact) mass is 378 g/mol. The number of nitrogens with zero attached hydrogens (tertiary/aromatic N) is 1. The van der Waals surface area contributed by atoms with Crippen LogP contribution < -0.4 is 5.32 Å². The second-order valence-corrected chi connectivity index (χ2v) is 6.58. The van der Waals surface area contributed by atoms with Crippen molar-refractivity contribution in [1.82, 2.24) is 4.90 Å². The second-order valence-electron chi connectivity index (χ2n) is 5.74. The standard InChI is InChI=1S/C19H20Cl2N2O2/c1-3-4-10-23(2)19(25)14-7-5-6-13(11-14)18(24)22-17-9-8-15(20)12-16(17)21/h5-9,11-12H,3-4,10H2,1-2H3,(H,22,24). The highest BCUT2D eigenvalue weighted by Gasteiger charge is 2.14. The fraction of sp³-hybridized carbons (Fsp3) is 0.263. The Labute approximate surface area is 157 Å². The van der Waals surface area contributed by atoms with Gasteiger partial charge in [0.15, 0.2) is 0 Å². The van der Waals surface area contributed by atoms with E-state index in [0.29, 0.717) is 33.4 Å². The molecule has 0 spiro atoms. The molecule has 0 heterocycles. The molecule has 2 aromatic carbocycles. The van der Waals surface area contributed by atoms with Gasteiger partial charge in [-0.25, -0.2) is 0 Å². The van der Waals surface area contributed by atoms with Gasteiger partial charge in [0.05, 0.1) is 10.7 Å². The SMILES string of the molecule is CCCCN(C)C(=O)c1cccc(C(=O)Nc2ccc(Cl)cc2Cl)c1.